The van der Waals surface area contributed by atoms with Crippen molar-refractivity contribution in [1.29, 1.82) is 0 Å². The van der Waals surface area contributed by atoms with Crippen LogP contribution in [0, 0.1) is 0 Å². The van der Waals surface area contributed by atoms with Crippen LogP contribution in [0.4, 0.5) is 0 Å². The van der Waals surface area contributed by atoms with Gasteiger partial charge in [0.2, 0.25) is 0 Å². The summed E-state index contributed by atoms with van der Waals surface area (Å²) in [7, 11) is 3.21. The van der Waals surface area contributed by atoms with Crippen LogP contribution < -0.4 is 14.8 Å². The lowest BCUT2D eigenvalue weighted by Crippen LogP contribution is -2.25. The highest BCUT2D eigenvalue weighted by molar-refractivity contribution is 7.13. The number of hydrogen-bond donors (Lipinski definition) is 1. The molecule has 1 amide bonds. The molecule has 0 aliphatic heterocycles. The number of methoxy groups -OCH3 is 2. The zero-order chi connectivity index (χ0) is 18.4. The molecule has 1 N–H and O–H groups in total. The van der Waals surface area contributed by atoms with Crippen molar-refractivity contribution in [3.8, 4) is 22.1 Å². The summed E-state index contributed by atoms with van der Waals surface area (Å²) in [5.41, 5.74) is 2.52. The van der Waals surface area contributed by atoms with Crippen LogP contribution >= 0.6 is 11.3 Å². The fraction of sp³-hybridized carbons (Fsp3) is 0.200. The molecule has 0 radical (unpaired) electrons. The van der Waals surface area contributed by atoms with Gasteiger partial charge in [0, 0.05) is 17.5 Å². The van der Waals surface area contributed by atoms with Gasteiger partial charge in [0.1, 0.15) is 10.7 Å². The van der Waals surface area contributed by atoms with E-state index in [2.05, 4.69) is 10.3 Å². The minimum Gasteiger partial charge on any atom is -0.493 e. The van der Waals surface area contributed by atoms with Crippen molar-refractivity contribution < 1.29 is 14.3 Å². The van der Waals surface area contributed by atoms with E-state index in [9.17, 15) is 4.79 Å². The third-order valence-electron chi connectivity index (χ3n) is 3.90. The second-order valence-corrected chi connectivity index (χ2v) is 6.46. The number of carbonyl (C=O) groups excluding carboxylic acids is 1. The SMILES string of the molecule is COc1ccc(CCNC(=O)c2csc(-c3ccccc3)n2)cc1OC. The minimum atomic E-state index is -0.163. The van der Waals surface area contributed by atoms with Crippen molar-refractivity contribution in [1.82, 2.24) is 10.3 Å². The van der Waals surface area contributed by atoms with Crippen molar-refractivity contribution in [2.45, 2.75) is 6.42 Å². The van der Waals surface area contributed by atoms with E-state index in [1.54, 1.807) is 19.6 Å². The van der Waals surface area contributed by atoms with Crippen LogP contribution in [-0.4, -0.2) is 31.7 Å². The maximum absolute atomic E-state index is 12.3. The molecule has 0 spiro atoms. The maximum Gasteiger partial charge on any atom is 0.270 e. The zero-order valence-corrected chi connectivity index (χ0v) is 15.5. The smallest absolute Gasteiger partial charge is 0.270 e. The standard InChI is InChI=1S/C20H20N2O3S/c1-24-17-9-8-14(12-18(17)25-2)10-11-21-19(23)16-13-26-20(22-16)15-6-4-3-5-7-15/h3-9,12-13H,10-11H2,1-2H3,(H,21,23). The van der Waals surface area contributed by atoms with Crippen LogP contribution in [0.2, 0.25) is 0 Å². The summed E-state index contributed by atoms with van der Waals surface area (Å²) in [5, 5.41) is 5.54. The predicted molar refractivity (Wildman–Crippen MR) is 103 cm³/mol. The summed E-state index contributed by atoms with van der Waals surface area (Å²) < 4.78 is 10.5. The van der Waals surface area contributed by atoms with Gasteiger partial charge >= 0.3 is 0 Å². The number of nitrogens with zero attached hydrogens (tertiary/aromatic N) is 1. The third kappa shape index (κ3) is 4.21. The summed E-state index contributed by atoms with van der Waals surface area (Å²) in [6, 6.07) is 15.6. The lowest BCUT2D eigenvalue weighted by atomic mass is 10.1. The minimum absolute atomic E-state index is 0.163. The quantitative estimate of drug-likeness (QED) is 0.689. The Morgan fingerprint density at radius 3 is 2.58 bits per heavy atom. The molecule has 3 rings (SSSR count). The van der Waals surface area contributed by atoms with E-state index < -0.39 is 0 Å². The normalized spacial score (nSPS) is 10.4. The third-order valence-corrected chi connectivity index (χ3v) is 4.80. The lowest BCUT2D eigenvalue weighted by molar-refractivity contribution is 0.0950. The highest BCUT2D eigenvalue weighted by atomic mass is 32.1. The molecule has 0 aliphatic carbocycles. The molecule has 26 heavy (non-hydrogen) atoms. The maximum atomic E-state index is 12.3. The first kappa shape index (κ1) is 17.9. The number of nitrogens with one attached hydrogen (secondary N) is 1. The monoisotopic (exact) mass is 368 g/mol. The van der Waals surface area contributed by atoms with Gasteiger partial charge in [0.25, 0.3) is 5.91 Å². The van der Waals surface area contributed by atoms with Gasteiger partial charge in [-0.3, -0.25) is 4.79 Å². The summed E-state index contributed by atoms with van der Waals surface area (Å²) in [6.45, 7) is 0.520. The lowest BCUT2D eigenvalue weighted by Gasteiger charge is -2.09. The number of hydrogen-bond acceptors (Lipinski definition) is 5. The van der Waals surface area contributed by atoms with Crippen molar-refractivity contribution in [3.63, 3.8) is 0 Å². The van der Waals surface area contributed by atoms with E-state index in [4.69, 9.17) is 9.47 Å². The van der Waals surface area contributed by atoms with Crippen molar-refractivity contribution in [3.05, 3.63) is 65.2 Å². The average Bonchev–Trinajstić information content (AvgIpc) is 3.19. The molecule has 0 atom stereocenters. The summed E-state index contributed by atoms with van der Waals surface area (Å²) in [4.78, 5) is 16.7. The van der Waals surface area contributed by atoms with Crippen LogP contribution in [0.5, 0.6) is 11.5 Å². The van der Waals surface area contributed by atoms with Gasteiger partial charge in [-0.15, -0.1) is 11.3 Å². The number of thiazole rings is 1. The van der Waals surface area contributed by atoms with Crippen molar-refractivity contribution in [2.24, 2.45) is 0 Å². The molecule has 0 fully saturated rings. The van der Waals surface area contributed by atoms with E-state index in [1.807, 2.05) is 48.5 Å². The van der Waals surface area contributed by atoms with Gasteiger partial charge in [-0.2, -0.15) is 0 Å². The Balaban J connectivity index is 1.57. The molecule has 0 saturated heterocycles. The largest absolute Gasteiger partial charge is 0.493 e. The summed E-state index contributed by atoms with van der Waals surface area (Å²) in [5.74, 6) is 1.21. The van der Waals surface area contributed by atoms with E-state index in [0.717, 1.165) is 16.1 Å². The van der Waals surface area contributed by atoms with Gasteiger partial charge in [0.15, 0.2) is 11.5 Å². The number of carbonyl (C=O) groups is 1. The number of amides is 1. The molecule has 3 aromatic rings. The van der Waals surface area contributed by atoms with Crippen molar-refractivity contribution >= 4 is 17.2 Å². The van der Waals surface area contributed by atoms with Crippen LogP contribution in [0.15, 0.2) is 53.9 Å². The van der Waals surface area contributed by atoms with Crippen molar-refractivity contribution in [2.75, 3.05) is 20.8 Å². The Kier molecular flexibility index (Phi) is 5.86. The van der Waals surface area contributed by atoms with Gasteiger partial charge in [-0.05, 0) is 24.1 Å². The molecule has 0 saturated carbocycles. The Morgan fingerprint density at radius 1 is 1.08 bits per heavy atom. The Hall–Kier alpha value is -2.86. The molecule has 0 bridgehead atoms. The molecular formula is C20H20N2O3S. The predicted octanol–water partition coefficient (Wildman–Crippen LogP) is 3.80. The van der Waals surface area contributed by atoms with Gasteiger partial charge in [-0.25, -0.2) is 4.98 Å². The molecule has 2 aromatic carbocycles. The molecule has 1 heterocycles. The van der Waals surface area contributed by atoms with Gasteiger partial charge < -0.3 is 14.8 Å². The molecule has 1 aromatic heterocycles. The Labute approximate surface area is 156 Å². The van der Waals surface area contributed by atoms with E-state index >= 15 is 0 Å². The van der Waals surface area contributed by atoms with Crippen LogP contribution in [-0.2, 0) is 6.42 Å². The Bertz CT molecular complexity index is 878. The highest BCUT2D eigenvalue weighted by Crippen LogP contribution is 2.27. The average molecular weight is 368 g/mol. The fourth-order valence-electron chi connectivity index (χ4n) is 2.54. The Morgan fingerprint density at radius 2 is 1.85 bits per heavy atom. The molecular weight excluding hydrogens is 348 g/mol. The van der Waals surface area contributed by atoms with E-state index in [1.165, 1.54) is 11.3 Å². The second kappa shape index (κ2) is 8.49. The van der Waals surface area contributed by atoms with Gasteiger partial charge in [-0.1, -0.05) is 36.4 Å². The number of rotatable bonds is 7. The zero-order valence-electron chi connectivity index (χ0n) is 14.7. The summed E-state index contributed by atoms with van der Waals surface area (Å²) >= 11 is 1.47. The summed E-state index contributed by atoms with van der Waals surface area (Å²) in [6.07, 6.45) is 0.696. The van der Waals surface area contributed by atoms with E-state index in [-0.39, 0.29) is 5.91 Å². The van der Waals surface area contributed by atoms with Crippen LogP contribution in [0.25, 0.3) is 10.6 Å². The van der Waals surface area contributed by atoms with Gasteiger partial charge in [0.05, 0.1) is 14.2 Å². The number of benzene rings is 2. The van der Waals surface area contributed by atoms with Crippen LogP contribution in [0.1, 0.15) is 16.1 Å². The first-order valence-corrected chi connectivity index (χ1v) is 9.09. The molecule has 6 heteroatoms. The topological polar surface area (TPSA) is 60.5 Å². The first-order valence-electron chi connectivity index (χ1n) is 8.21. The number of ether oxygens (including phenoxy) is 2. The second-order valence-electron chi connectivity index (χ2n) is 5.60. The molecule has 134 valence electrons. The molecule has 0 unspecified atom stereocenters. The fourth-order valence-corrected chi connectivity index (χ4v) is 3.34. The van der Waals surface area contributed by atoms with Crippen LogP contribution in [0.3, 0.4) is 0 Å². The van der Waals surface area contributed by atoms with E-state index in [0.29, 0.717) is 30.2 Å². The first-order chi connectivity index (χ1) is 12.7. The highest BCUT2D eigenvalue weighted by Gasteiger charge is 2.11. The molecule has 5 nitrogen and oxygen atoms in total. The molecule has 0 aliphatic rings. The number of aromatic nitrogens is 1.